The van der Waals surface area contributed by atoms with Crippen LogP contribution < -0.4 is 5.73 Å². The number of anilines is 1. The van der Waals surface area contributed by atoms with Crippen molar-refractivity contribution in [3.63, 3.8) is 0 Å². The van der Waals surface area contributed by atoms with Gasteiger partial charge in [-0.2, -0.15) is 5.10 Å². The van der Waals surface area contributed by atoms with Gasteiger partial charge in [0.2, 0.25) is 0 Å². The Labute approximate surface area is 105 Å². The van der Waals surface area contributed by atoms with E-state index >= 15 is 0 Å². The summed E-state index contributed by atoms with van der Waals surface area (Å²) in [5, 5.41) is 4.12. The van der Waals surface area contributed by atoms with Crippen LogP contribution in [0.4, 0.5) is 5.69 Å². The highest BCUT2D eigenvalue weighted by molar-refractivity contribution is 5.97. The third kappa shape index (κ3) is 2.07. The number of carbonyl (C=O) groups is 1. The predicted molar refractivity (Wildman–Crippen MR) is 69.1 cm³/mol. The zero-order valence-corrected chi connectivity index (χ0v) is 10.6. The number of carbonyl (C=O) groups excluding carboxylic acids is 1. The van der Waals surface area contributed by atoms with Crippen LogP contribution in [0.3, 0.4) is 0 Å². The minimum atomic E-state index is -0.433. The van der Waals surface area contributed by atoms with Gasteiger partial charge in [-0.1, -0.05) is 0 Å². The summed E-state index contributed by atoms with van der Waals surface area (Å²) >= 11 is 0. The van der Waals surface area contributed by atoms with E-state index in [4.69, 9.17) is 10.5 Å². The third-order valence-electron chi connectivity index (χ3n) is 2.82. The minimum absolute atomic E-state index is 0.377. The van der Waals surface area contributed by atoms with E-state index in [9.17, 15) is 4.79 Å². The van der Waals surface area contributed by atoms with Crippen molar-refractivity contribution in [2.24, 2.45) is 7.05 Å². The van der Waals surface area contributed by atoms with Crippen molar-refractivity contribution in [2.45, 2.75) is 6.92 Å². The average Bonchev–Trinajstić information content (AvgIpc) is 2.75. The Hall–Kier alpha value is -2.30. The summed E-state index contributed by atoms with van der Waals surface area (Å²) in [6, 6.07) is 3.52. The number of hydrogen-bond donors (Lipinski definition) is 1. The molecule has 0 fully saturated rings. The summed E-state index contributed by atoms with van der Waals surface area (Å²) in [4.78, 5) is 11.6. The maximum Gasteiger partial charge on any atom is 0.339 e. The Balaban J connectivity index is 2.58. The molecule has 1 aromatic carbocycles. The largest absolute Gasteiger partial charge is 0.465 e. The van der Waals surface area contributed by atoms with Gasteiger partial charge < -0.3 is 10.5 Å². The lowest BCUT2D eigenvalue weighted by Gasteiger charge is -2.09. The molecule has 0 saturated carbocycles. The van der Waals surface area contributed by atoms with E-state index in [1.165, 1.54) is 7.11 Å². The Morgan fingerprint density at radius 3 is 2.72 bits per heavy atom. The number of hydrogen-bond acceptors (Lipinski definition) is 4. The number of rotatable bonds is 2. The van der Waals surface area contributed by atoms with Crippen LogP contribution in [-0.4, -0.2) is 22.9 Å². The summed E-state index contributed by atoms with van der Waals surface area (Å²) in [5.74, 6) is -0.433. The molecular formula is C13H15N3O2. The molecule has 5 heteroatoms. The molecule has 0 spiro atoms. The van der Waals surface area contributed by atoms with E-state index in [-0.39, 0.29) is 0 Å². The molecule has 0 atom stereocenters. The molecule has 0 radical (unpaired) electrons. The van der Waals surface area contributed by atoms with Crippen LogP contribution >= 0.6 is 0 Å². The first-order valence-electron chi connectivity index (χ1n) is 5.50. The molecule has 0 aliphatic rings. The quantitative estimate of drug-likeness (QED) is 0.646. The summed E-state index contributed by atoms with van der Waals surface area (Å²) in [6.07, 6.45) is 3.64. The Morgan fingerprint density at radius 1 is 1.44 bits per heavy atom. The summed E-state index contributed by atoms with van der Waals surface area (Å²) in [7, 11) is 3.18. The zero-order chi connectivity index (χ0) is 13.3. The van der Waals surface area contributed by atoms with Crippen molar-refractivity contribution in [1.29, 1.82) is 0 Å². The van der Waals surface area contributed by atoms with E-state index in [1.807, 2.05) is 20.2 Å². The number of aromatic nitrogens is 2. The molecule has 0 bridgehead atoms. The van der Waals surface area contributed by atoms with Gasteiger partial charge in [0.05, 0.1) is 18.9 Å². The molecule has 0 unspecified atom stereocenters. The molecule has 1 aromatic heterocycles. The van der Waals surface area contributed by atoms with Crippen LogP contribution in [0.15, 0.2) is 24.5 Å². The van der Waals surface area contributed by atoms with E-state index in [2.05, 4.69) is 5.10 Å². The molecule has 0 aliphatic heterocycles. The second-order valence-electron chi connectivity index (χ2n) is 4.15. The van der Waals surface area contributed by atoms with Gasteiger partial charge in [-0.15, -0.1) is 0 Å². The smallest absolute Gasteiger partial charge is 0.339 e. The fraction of sp³-hybridized carbons (Fsp3) is 0.231. The van der Waals surface area contributed by atoms with E-state index in [1.54, 1.807) is 23.0 Å². The molecule has 94 valence electrons. The Morgan fingerprint density at radius 2 is 2.17 bits per heavy atom. The fourth-order valence-electron chi connectivity index (χ4n) is 1.89. The van der Waals surface area contributed by atoms with Gasteiger partial charge in [-0.25, -0.2) is 4.79 Å². The summed E-state index contributed by atoms with van der Waals surface area (Å²) in [6.45, 7) is 1.94. The molecule has 5 nitrogen and oxygen atoms in total. The molecule has 0 amide bonds. The van der Waals surface area contributed by atoms with Gasteiger partial charge >= 0.3 is 5.97 Å². The molecular weight excluding hydrogens is 230 g/mol. The third-order valence-corrected chi connectivity index (χ3v) is 2.82. The number of methoxy groups -OCH3 is 1. The zero-order valence-electron chi connectivity index (χ0n) is 10.6. The van der Waals surface area contributed by atoms with Crippen molar-refractivity contribution in [1.82, 2.24) is 9.78 Å². The lowest BCUT2D eigenvalue weighted by molar-refractivity contribution is 0.0602. The fourth-order valence-corrected chi connectivity index (χ4v) is 1.89. The normalized spacial score (nSPS) is 10.4. The monoisotopic (exact) mass is 245 g/mol. The maximum absolute atomic E-state index is 11.6. The van der Waals surface area contributed by atoms with Crippen molar-refractivity contribution in [2.75, 3.05) is 12.8 Å². The number of esters is 1. The SMILES string of the molecule is COC(=O)c1cc(-c2cnn(C)c2)c(C)cc1N. The first-order valence-corrected chi connectivity index (χ1v) is 5.50. The van der Waals surface area contributed by atoms with Gasteiger partial charge in [0.25, 0.3) is 0 Å². The number of nitrogens with two attached hydrogens (primary N) is 1. The van der Waals surface area contributed by atoms with E-state index in [0.29, 0.717) is 11.3 Å². The molecule has 0 aliphatic carbocycles. The first kappa shape index (κ1) is 12.2. The number of aryl methyl sites for hydroxylation is 2. The van der Waals surface area contributed by atoms with Gasteiger partial charge in [0, 0.05) is 24.5 Å². The highest BCUT2D eigenvalue weighted by atomic mass is 16.5. The molecule has 2 aromatic rings. The van der Waals surface area contributed by atoms with Crippen molar-refractivity contribution < 1.29 is 9.53 Å². The Bertz CT molecular complexity index is 602. The van der Waals surface area contributed by atoms with Gasteiger partial charge in [0.15, 0.2) is 0 Å². The Kier molecular flexibility index (Phi) is 3.06. The molecule has 1 heterocycles. The van der Waals surface area contributed by atoms with Crippen LogP contribution in [-0.2, 0) is 11.8 Å². The predicted octanol–water partition coefficient (Wildman–Crippen LogP) is 1.76. The molecule has 18 heavy (non-hydrogen) atoms. The standard InChI is InChI=1S/C13H15N3O2/c1-8-4-12(14)11(13(17)18-3)5-10(8)9-6-15-16(2)7-9/h4-7H,14H2,1-3H3. The van der Waals surface area contributed by atoms with Gasteiger partial charge in [-0.3, -0.25) is 4.68 Å². The van der Waals surface area contributed by atoms with Gasteiger partial charge in [-0.05, 0) is 30.2 Å². The second kappa shape index (κ2) is 4.52. The topological polar surface area (TPSA) is 70.1 Å². The van der Waals surface area contributed by atoms with Crippen LogP contribution in [0.2, 0.25) is 0 Å². The molecule has 2 rings (SSSR count). The number of benzene rings is 1. The minimum Gasteiger partial charge on any atom is -0.465 e. The average molecular weight is 245 g/mol. The highest BCUT2D eigenvalue weighted by Crippen LogP contribution is 2.28. The number of nitrogens with zero attached hydrogens (tertiary/aromatic N) is 2. The van der Waals surface area contributed by atoms with Crippen molar-refractivity contribution in [3.05, 3.63) is 35.7 Å². The summed E-state index contributed by atoms with van der Waals surface area (Å²) in [5.41, 5.74) is 9.50. The summed E-state index contributed by atoms with van der Waals surface area (Å²) < 4.78 is 6.42. The van der Waals surface area contributed by atoms with E-state index in [0.717, 1.165) is 16.7 Å². The van der Waals surface area contributed by atoms with E-state index < -0.39 is 5.97 Å². The lowest BCUT2D eigenvalue weighted by Crippen LogP contribution is -2.06. The number of nitrogen functional groups attached to an aromatic ring is 1. The highest BCUT2D eigenvalue weighted by Gasteiger charge is 2.14. The maximum atomic E-state index is 11.6. The van der Waals surface area contributed by atoms with Gasteiger partial charge in [0.1, 0.15) is 0 Å². The lowest BCUT2D eigenvalue weighted by atomic mass is 9.99. The van der Waals surface area contributed by atoms with Crippen LogP contribution in [0.1, 0.15) is 15.9 Å². The second-order valence-corrected chi connectivity index (χ2v) is 4.15. The first-order chi connectivity index (χ1) is 8.52. The molecule has 0 saturated heterocycles. The van der Waals surface area contributed by atoms with Crippen molar-refractivity contribution in [3.8, 4) is 11.1 Å². The number of ether oxygens (including phenoxy) is 1. The van der Waals surface area contributed by atoms with Crippen LogP contribution in [0.25, 0.3) is 11.1 Å². The van der Waals surface area contributed by atoms with Crippen LogP contribution in [0.5, 0.6) is 0 Å². The van der Waals surface area contributed by atoms with Crippen LogP contribution in [0, 0.1) is 6.92 Å². The molecule has 2 N–H and O–H groups in total. The van der Waals surface area contributed by atoms with Crippen molar-refractivity contribution >= 4 is 11.7 Å².